The summed E-state index contributed by atoms with van der Waals surface area (Å²) in [6, 6.07) is 25.4. The number of para-hydroxylation sites is 6. The van der Waals surface area contributed by atoms with Crippen LogP contribution < -0.4 is 0 Å². The summed E-state index contributed by atoms with van der Waals surface area (Å²) in [5.74, 6) is 3.82. The number of aromatic nitrogens is 6. The molecule has 0 atom stereocenters. The van der Waals surface area contributed by atoms with Crippen molar-refractivity contribution in [1.29, 1.82) is 0 Å². The second-order valence-electron chi connectivity index (χ2n) is 10.8. The Labute approximate surface area is 217 Å². The first-order chi connectivity index (χ1) is 17.9. The first-order valence-corrected chi connectivity index (χ1v) is 13.3. The Hall–Kier alpha value is -3.93. The summed E-state index contributed by atoms with van der Waals surface area (Å²) < 4.78 is 7.25. The molecule has 6 heteroatoms. The molecule has 0 aliphatic rings. The SMILES string of the molecule is CC(C)c1nc2ccccc2n1C(n1c(C(C)C)nc2ccccc21)n1c(C(C)C)nc2ccccc21. The van der Waals surface area contributed by atoms with Crippen molar-refractivity contribution in [1.82, 2.24) is 28.7 Å². The van der Waals surface area contributed by atoms with Gasteiger partial charge in [0.15, 0.2) is 6.29 Å². The van der Waals surface area contributed by atoms with Gasteiger partial charge < -0.3 is 0 Å². The van der Waals surface area contributed by atoms with Crippen LogP contribution in [0.5, 0.6) is 0 Å². The van der Waals surface area contributed by atoms with E-state index in [0.29, 0.717) is 0 Å². The zero-order valence-corrected chi connectivity index (χ0v) is 22.4. The third kappa shape index (κ3) is 3.66. The smallest absolute Gasteiger partial charge is 0.197 e. The van der Waals surface area contributed by atoms with E-state index in [9.17, 15) is 0 Å². The van der Waals surface area contributed by atoms with Crippen molar-refractivity contribution >= 4 is 33.1 Å². The van der Waals surface area contributed by atoms with E-state index >= 15 is 0 Å². The summed E-state index contributed by atoms with van der Waals surface area (Å²) >= 11 is 0. The van der Waals surface area contributed by atoms with Crippen molar-refractivity contribution in [3.8, 4) is 0 Å². The van der Waals surface area contributed by atoms with Gasteiger partial charge in [0.2, 0.25) is 0 Å². The van der Waals surface area contributed by atoms with Gasteiger partial charge in [0, 0.05) is 17.8 Å². The number of hydrogen-bond acceptors (Lipinski definition) is 3. The first kappa shape index (κ1) is 23.5. The van der Waals surface area contributed by atoms with Crippen molar-refractivity contribution < 1.29 is 0 Å². The van der Waals surface area contributed by atoms with Gasteiger partial charge in [0.05, 0.1) is 33.1 Å². The van der Waals surface area contributed by atoms with Crippen LogP contribution in [-0.2, 0) is 0 Å². The standard InChI is InChI=1S/C31H34N6/c1-19(2)28-32-22-13-7-10-16-25(22)35(28)31(36-26-17-11-8-14-23(26)33-29(36)20(3)4)37-27-18-12-9-15-24(27)34-30(37)21(5)6/h7-21,31H,1-6H3. The van der Waals surface area contributed by atoms with Crippen molar-refractivity contribution in [3.63, 3.8) is 0 Å². The normalized spacial score (nSPS) is 12.5. The molecule has 3 aromatic carbocycles. The van der Waals surface area contributed by atoms with Crippen LogP contribution in [0.3, 0.4) is 0 Å². The van der Waals surface area contributed by atoms with E-state index in [1.54, 1.807) is 0 Å². The summed E-state index contributed by atoms with van der Waals surface area (Å²) in [7, 11) is 0. The maximum Gasteiger partial charge on any atom is 0.197 e. The molecule has 0 radical (unpaired) electrons. The van der Waals surface area contributed by atoms with E-state index in [1.807, 2.05) is 0 Å². The van der Waals surface area contributed by atoms with E-state index in [2.05, 4.69) is 128 Å². The van der Waals surface area contributed by atoms with Crippen LogP contribution in [0.15, 0.2) is 72.8 Å². The Bertz CT molecular complexity index is 1520. The van der Waals surface area contributed by atoms with Gasteiger partial charge in [-0.1, -0.05) is 77.9 Å². The molecule has 0 spiro atoms. The highest BCUT2D eigenvalue weighted by molar-refractivity contribution is 5.80. The average molecular weight is 491 g/mol. The van der Waals surface area contributed by atoms with Crippen LogP contribution in [0, 0.1) is 0 Å². The van der Waals surface area contributed by atoms with Gasteiger partial charge in [-0.2, -0.15) is 0 Å². The molecule has 0 aliphatic heterocycles. The van der Waals surface area contributed by atoms with E-state index < -0.39 is 0 Å². The fraction of sp³-hybridized carbons (Fsp3) is 0.323. The lowest BCUT2D eigenvalue weighted by Crippen LogP contribution is -2.31. The molecule has 0 bridgehead atoms. The van der Waals surface area contributed by atoms with Gasteiger partial charge >= 0.3 is 0 Å². The summed E-state index contributed by atoms with van der Waals surface area (Å²) in [6.07, 6.45) is -0.264. The number of nitrogens with zero attached hydrogens (tertiary/aromatic N) is 6. The van der Waals surface area contributed by atoms with Crippen molar-refractivity contribution in [2.24, 2.45) is 0 Å². The Morgan fingerprint density at radius 2 is 0.703 bits per heavy atom. The molecule has 3 aromatic heterocycles. The monoisotopic (exact) mass is 490 g/mol. The minimum absolute atomic E-state index is 0.226. The molecule has 188 valence electrons. The molecule has 0 saturated heterocycles. The lowest BCUT2D eigenvalue weighted by molar-refractivity contribution is 0.352. The van der Waals surface area contributed by atoms with Gasteiger partial charge in [-0.05, 0) is 36.4 Å². The van der Waals surface area contributed by atoms with Gasteiger partial charge in [0.25, 0.3) is 0 Å². The van der Waals surface area contributed by atoms with Crippen LogP contribution in [0.2, 0.25) is 0 Å². The fourth-order valence-corrected chi connectivity index (χ4v) is 5.49. The van der Waals surface area contributed by atoms with E-state index in [4.69, 9.17) is 15.0 Å². The molecule has 0 N–H and O–H groups in total. The van der Waals surface area contributed by atoms with Crippen LogP contribution in [0.1, 0.15) is 83.1 Å². The summed E-state index contributed by atoms with van der Waals surface area (Å²) in [4.78, 5) is 15.5. The first-order valence-electron chi connectivity index (χ1n) is 13.3. The fourth-order valence-electron chi connectivity index (χ4n) is 5.49. The van der Waals surface area contributed by atoms with Crippen LogP contribution in [0.25, 0.3) is 33.1 Å². The number of hydrogen-bond donors (Lipinski definition) is 0. The average Bonchev–Trinajstić information content (AvgIpc) is 3.57. The molecule has 3 heterocycles. The molecular formula is C31H34N6. The quantitative estimate of drug-likeness (QED) is 0.241. The topological polar surface area (TPSA) is 53.5 Å². The molecular weight excluding hydrogens is 456 g/mol. The largest absolute Gasteiger partial charge is 0.288 e. The number of benzene rings is 3. The Kier molecular flexibility index (Phi) is 5.63. The Morgan fingerprint density at radius 1 is 0.432 bits per heavy atom. The lowest BCUT2D eigenvalue weighted by Gasteiger charge is -2.31. The summed E-state index contributed by atoms with van der Waals surface area (Å²) in [6.45, 7) is 13.3. The van der Waals surface area contributed by atoms with E-state index in [0.717, 1.165) is 50.6 Å². The highest BCUT2D eigenvalue weighted by atomic mass is 15.4. The van der Waals surface area contributed by atoms with E-state index in [1.165, 1.54) is 0 Å². The van der Waals surface area contributed by atoms with Crippen molar-refractivity contribution in [2.45, 2.75) is 65.6 Å². The third-order valence-electron chi connectivity index (χ3n) is 7.11. The number of imidazole rings is 3. The van der Waals surface area contributed by atoms with Crippen LogP contribution >= 0.6 is 0 Å². The molecule has 37 heavy (non-hydrogen) atoms. The summed E-state index contributed by atoms with van der Waals surface area (Å²) in [5.41, 5.74) is 6.33. The molecule has 0 aliphatic carbocycles. The zero-order chi connectivity index (χ0) is 25.8. The maximum absolute atomic E-state index is 5.16. The number of rotatable bonds is 6. The van der Waals surface area contributed by atoms with Crippen molar-refractivity contribution in [3.05, 3.63) is 90.3 Å². The second kappa shape index (κ2) is 8.87. The van der Waals surface area contributed by atoms with Crippen LogP contribution in [-0.4, -0.2) is 28.7 Å². The van der Waals surface area contributed by atoms with Gasteiger partial charge in [0.1, 0.15) is 17.5 Å². The van der Waals surface area contributed by atoms with E-state index in [-0.39, 0.29) is 24.0 Å². The lowest BCUT2D eigenvalue weighted by atomic mass is 10.2. The second-order valence-corrected chi connectivity index (χ2v) is 10.8. The maximum atomic E-state index is 5.16. The molecule has 0 fully saturated rings. The summed E-state index contributed by atoms with van der Waals surface area (Å²) in [5, 5.41) is 0. The molecule has 0 unspecified atom stereocenters. The number of fused-ring (bicyclic) bond motifs is 3. The minimum Gasteiger partial charge on any atom is -0.288 e. The van der Waals surface area contributed by atoms with Crippen LogP contribution in [0.4, 0.5) is 0 Å². The molecule has 6 aromatic rings. The highest BCUT2D eigenvalue weighted by Crippen LogP contribution is 2.37. The van der Waals surface area contributed by atoms with Gasteiger partial charge in [-0.3, -0.25) is 13.7 Å². The highest BCUT2D eigenvalue weighted by Gasteiger charge is 2.31. The Morgan fingerprint density at radius 3 is 0.973 bits per heavy atom. The predicted molar refractivity (Wildman–Crippen MR) is 151 cm³/mol. The van der Waals surface area contributed by atoms with Gasteiger partial charge in [-0.25, -0.2) is 15.0 Å². The zero-order valence-electron chi connectivity index (χ0n) is 22.4. The molecule has 0 saturated carbocycles. The van der Waals surface area contributed by atoms with Gasteiger partial charge in [-0.15, -0.1) is 0 Å². The predicted octanol–water partition coefficient (Wildman–Crippen LogP) is 7.66. The molecule has 0 amide bonds. The third-order valence-corrected chi connectivity index (χ3v) is 7.11. The molecule has 6 rings (SSSR count). The minimum atomic E-state index is -0.264. The van der Waals surface area contributed by atoms with Crippen molar-refractivity contribution in [2.75, 3.05) is 0 Å². The molecule has 6 nitrogen and oxygen atoms in total. The Balaban J connectivity index is 1.83.